The molecular weight excluding hydrogens is 192 g/mol. The Kier molecular flexibility index (Phi) is 4.57. The number of unbranched alkanes of at least 4 members (excludes halogenated alkanes) is 1. The molecule has 1 saturated carbocycles. The van der Waals surface area contributed by atoms with Gasteiger partial charge in [0.15, 0.2) is 0 Å². The van der Waals surface area contributed by atoms with E-state index in [0.29, 0.717) is 25.8 Å². The molecule has 2 N–H and O–H groups in total. The molecule has 15 heavy (non-hydrogen) atoms. The van der Waals surface area contributed by atoms with E-state index in [0.717, 1.165) is 19.3 Å². The first-order valence-corrected chi connectivity index (χ1v) is 5.55. The molecule has 0 radical (unpaired) electrons. The number of hydrogen-bond donors (Lipinski definition) is 2. The van der Waals surface area contributed by atoms with Gasteiger partial charge in [-0.2, -0.15) is 5.26 Å². The third-order valence-corrected chi connectivity index (χ3v) is 2.98. The van der Waals surface area contributed by atoms with Crippen LogP contribution in [0.2, 0.25) is 0 Å². The van der Waals surface area contributed by atoms with Crippen molar-refractivity contribution in [3.05, 3.63) is 0 Å². The van der Waals surface area contributed by atoms with Crippen molar-refractivity contribution in [1.82, 2.24) is 5.32 Å². The monoisotopic (exact) mass is 210 g/mol. The van der Waals surface area contributed by atoms with Gasteiger partial charge in [0.05, 0.1) is 6.07 Å². The van der Waals surface area contributed by atoms with Crippen LogP contribution in [0.25, 0.3) is 0 Å². The van der Waals surface area contributed by atoms with Gasteiger partial charge in [-0.05, 0) is 25.7 Å². The van der Waals surface area contributed by atoms with Crippen LogP contribution >= 0.6 is 0 Å². The molecule has 0 aliphatic heterocycles. The molecule has 0 aromatic carbocycles. The molecule has 0 aromatic rings. The highest BCUT2D eigenvalue weighted by atomic mass is 16.2. The van der Waals surface area contributed by atoms with Gasteiger partial charge in [-0.1, -0.05) is 12.8 Å². The predicted molar refractivity (Wildman–Crippen MR) is 55.8 cm³/mol. The summed E-state index contributed by atoms with van der Waals surface area (Å²) in [5.74, 6) is -0.125. The highest BCUT2D eigenvalue weighted by Gasteiger charge is 2.41. The molecule has 0 saturated heterocycles. The number of nitrogens with zero attached hydrogens (tertiary/aromatic N) is 1. The number of carbonyl (C=O) groups excluding carboxylic acids is 1. The van der Waals surface area contributed by atoms with E-state index >= 15 is 0 Å². The van der Waals surface area contributed by atoms with Crippen LogP contribution in [0, 0.1) is 16.7 Å². The van der Waals surface area contributed by atoms with Gasteiger partial charge in [0.1, 0.15) is 5.41 Å². The van der Waals surface area contributed by atoms with E-state index in [1.807, 2.05) is 0 Å². The van der Waals surface area contributed by atoms with Gasteiger partial charge in [-0.3, -0.25) is 4.79 Å². The van der Waals surface area contributed by atoms with E-state index in [1.54, 1.807) is 0 Å². The fourth-order valence-corrected chi connectivity index (χ4v) is 1.98. The van der Waals surface area contributed by atoms with Crippen molar-refractivity contribution in [2.45, 2.75) is 38.5 Å². The minimum absolute atomic E-state index is 0.125. The molecule has 1 aliphatic rings. The van der Waals surface area contributed by atoms with Gasteiger partial charge < -0.3 is 10.4 Å². The van der Waals surface area contributed by atoms with Crippen LogP contribution in [0.15, 0.2) is 0 Å². The van der Waals surface area contributed by atoms with Crippen molar-refractivity contribution in [2.24, 2.45) is 5.41 Å². The standard InChI is InChI=1S/C11H18N2O2/c12-9-11(5-1-2-6-11)10(15)13-7-3-4-8-14/h14H,1-8H2,(H,13,15). The number of nitriles is 1. The molecule has 0 spiro atoms. The Morgan fingerprint density at radius 3 is 2.60 bits per heavy atom. The third kappa shape index (κ3) is 2.93. The van der Waals surface area contributed by atoms with Crippen LogP contribution in [-0.2, 0) is 4.79 Å². The van der Waals surface area contributed by atoms with E-state index in [9.17, 15) is 4.79 Å². The first kappa shape index (κ1) is 12.0. The number of nitrogens with one attached hydrogen (secondary N) is 1. The molecule has 0 unspecified atom stereocenters. The largest absolute Gasteiger partial charge is 0.396 e. The zero-order chi connectivity index (χ0) is 11.1. The zero-order valence-electron chi connectivity index (χ0n) is 8.96. The topological polar surface area (TPSA) is 73.1 Å². The number of rotatable bonds is 5. The maximum Gasteiger partial charge on any atom is 0.240 e. The molecular formula is C11H18N2O2. The summed E-state index contributed by atoms with van der Waals surface area (Å²) < 4.78 is 0. The highest BCUT2D eigenvalue weighted by molar-refractivity contribution is 5.85. The fourth-order valence-electron chi connectivity index (χ4n) is 1.98. The van der Waals surface area contributed by atoms with E-state index in [4.69, 9.17) is 10.4 Å². The highest BCUT2D eigenvalue weighted by Crippen LogP contribution is 2.37. The van der Waals surface area contributed by atoms with E-state index in [2.05, 4.69) is 11.4 Å². The van der Waals surface area contributed by atoms with Crippen LogP contribution in [0.3, 0.4) is 0 Å². The van der Waals surface area contributed by atoms with Crippen LogP contribution < -0.4 is 5.32 Å². The Hall–Kier alpha value is -1.08. The normalized spacial score (nSPS) is 18.4. The van der Waals surface area contributed by atoms with Gasteiger partial charge in [0.25, 0.3) is 0 Å². The molecule has 1 fully saturated rings. The fraction of sp³-hybridized carbons (Fsp3) is 0.818. The molecule has 0 atom stereocenters. The molecule has 0 aromatic heterocycles. The van der Waals surface area contributed by atoms with E-state index < -0.39 is 5.41 Å². The minimum atomic E-state index is -0.765. The molecule has 1 rings (SSSR count). The summed E-state index contributed by atoms with van der Waals surface area (Å²) in [6.45, 7) is 0.710. The number of carbonyl (C=O) groups is 1. The van der Waals surface area contributed by atoms with Crippen molar-refractivity contribution in [3.8, 4) is 6.07 Å². The summed E-state index contributed by atoms with van der Waals surface area (Å²) in [7, 11) is 0. The number of aliphatic hydroxyl groups is 1. The van der Waals surface area contributed by atoms with Crippen LogP contribution in [-0.4, -0.2) is 24.2 Å². The molecule has 4 heteroatoms. The maximum atomic E-state index is 11.8. The van der Waals surface area contributed by atoms with Crippen molar-refractivity contribution >= 4 is 5.91 Å². The first-order valence-electron chi connectivity index (χ1n) is 5.55. The lowest BCUT2D eigenvalue weighted by Crippen LogP contribution is -2.38. The van der Waals surface area contributed by atoms with Crippen LogP contribution in [0.4, 0.5) is 0 Å². The minimum Gasteiger partial charge on any atom is -0.396 e. The van der Waals surface area contributed by atoms with Gasteiger partial charge in [-0.25, -0.2) is 0 Å². The summed E-state index contributed by atoms with van der Waals surface area (Å²) >= 11 is 0. The molecule has 1 amide bonds. The van der Waals surface area contributed by atoms with Crippen molar-refractivity contribution in [2.75, 3.05) is 13.2 Å². The molecule has 0 heterocycles. The Bertz CT molecular complexity index is 252. The van der Waals surface area contributed by atoms with E-state index in [1.165, 1.54) is 0 Å². The Balaban J connectivity index is 2.35. The maximum absolute atomic E-state index is 11.8. The van der Waals surface area contributed by atoms with Gasteiger partial charge >= 0.3 is 0 Å². The van der Waals surface area contributed by atoms with Gasteiger partial charge in [-0.15, -0.1) is 0 Å². The second kappa shape index (κ2) is 5.72. The lowest BCUT2D eigenvalue weighted by molar-refractivity contribution is -0.127. The zero-order valence-corrected chi connectivity index (χ0v) is 8.96. The summed E-state index contributed by atoms with van der Waals surface area (Å²) in [5, 5.41) is 20.4. The average Bonchev–Trinajstić information content (AvgIpc) is 2.74. The van der Waals surface area contributed by atoms with Gasteiger partial charge in [0.2, 0.25) is 5.91 Å². The van der Waals surface area contributed by atoms with Crippen LogP contribution in [0.5, 0.6) is 0 Å². The smallest absolute Gasteiger partial charge is 0.240 e. The molecule has 4 nitrogen and oxygen atoms in total. The van der Waals surface area contributed by atoms with Crippen molar-refractivity contribution in [3.63, 3.8) is 0 Å². The SMILES string of the molecule is N#CC1(C(=O)NCCCCO)CCCC1. The summed E-state index contributed by atoms with van der Waals surface area (Å²) in [4.78, 5) is 11.8. The van der Waals surface area contributed by atoms with Crippen molar-refractivity contribution in [1.29, 1.82) is 5.26 Å². The molecule has 0 bridgehead atoms. The lowest BCUT2D eigenvalue weighted by Gasteiger charge is -2.18. The lowest BCUT2D eigenvalue weighted by atomic mass is 9.87. The van der Waals surface area contributed by atoms with Crippen LogP contribution in [0.1, 0.15) is 38.5 Å². The summed E-state index contributed by atoms with van der Waals surface area (Å²) in [5.41, 5.74) is -0.765. The predicted octanol–water partition coefficient (Wildman–Crippen LogP) is 0.959. The second-order valence-electron chi connectivity index (χ2n) is 4.09. The first-order chi connectivity index (χ1) is 7.25. The van der Waals surface area contributed by atoms with E-state index in [-0.39, 0.29) is 12.5 Å². The van der Waals surface area contributed by atoms with Crippen molar-refractivity contribution < 1.29 is 9.90 Å². The Morgan fingerprint density at radius 2 is 2.07 bits per heavy atom. The molecule has 1 aliphatic carbocycles. The quantitative estimate of drug-likeness (QED) is 0.664. The summed E-state index contributed by atoms with van der Waals surface area (Å²) in [6.07, 6.45) is 4.78. The second-order valence-corrected chi connectivity index (χ2v) is 4.09. The molecule has 84 valence electrons. The number of amides is 1. The Morgan fingerprint density at radius 1 is 1.40 bits per heavy atom. The Labute approximate surface area is 90.3 Å². The summed E-state index contributed by atoms with van der Waals surface area (Å²) in [6, 6.07) is 2.16. The third-order valence-electron chi connectivity index (χ3n) is 2.98. The van der Waals surface area contributed by atoms with Gasteiger partial charge in [0, 0.05) is 13.2 Å². The average molecular weight is 210 g/mol. The number of hydrogen-bond acceptors (Lipinski definition) is 3. The number of aliphatic hydroxyl groups excluding tert-OH is 1.